The summed E-state index contributed by atoms with van der Waals surface area (Å²) >= 11 is 0. The Balaban J connectivity index is 1.67. The van der Waals surface area contributed by atoms with E-state index in [0.717, 1.165) is 26.1 Å². The van der Waals surface area contributed by atoms with Crippen LogP contribution >= 0.6 is 0 Å². The minimum absolute atomic E-state index is 0.0588. The van der Waals surface area contributed by atoms with Gasteiger partial charge < -0.3 is 15.7 Å². The molecule has 1 fully saturated rings. The first-order chi connectivity index (χ1) is 11.5. The first kappa shape index (κ1) is 17.0. The van der Waals surface area contributed by atoms with Crippen LogP contribution in [0.3, 0.4) is 0 Å². The Kier molecular flexibility index (Phi) is 4.93. The Hall–Kier alpha value is -1.84. The van der Waals surface area contributed by atoms with Gasteiger partial charge in [0.1, 0.15) is 5.75 Å². The fourth-order valence-corrected chi connectivity index (χ4v) is 3.86. The van der Waals surface area contributed by atoms with E-state index in [4.69, 9.17) is 5.73 Å². The number of nitrogens with zero attached hydrogens (tertiary/aromatic N) is 1. The topological polar surface area (TPSA) is 49.5 Å². The molecule has 3 unspecified atom stereocenters. The van der Waals surface area contributed by atoms with Gasteiger partial charge in [-0.15, -0.1) is 0 Å². The van der Waals surface area contributed by atoms with Gasteiger partial charge in [-0.3, -0.25) is 0 Å². The molecule has 1 aliphatic rings. The maximum atomic E-state index is 9.81. The molecule has 24 heavy (non-hydrogen) atoms. The van der Waals surface area contributed by atoms with E-state index in [1.54, 1.807) is 6.07 Å². The van der Waals surface area contributed by atoms with Gasteiger partial charge in [0.25, 0.3) is 0 Å². The Labute approximate surface area is 145 Å². The van der Waals surface area contributed by atoms with E-state index < -0.39 is 0 Å². The summed E-state index contributed by atoms with van der Waals surface area (Å²) < 4.78 is 0. The molecule has 3 N–H and O–H groups in total. The van der Waals surface area contributed by atoms with Gasteiger partial charge in [-0.05, 0) is 47.6 Å². The summed E-state index contributed by atoms with van der Waals surface area (Å²) in [5.41, 5.74) is 8.94. The maximum Gasteiger partial charge on any atom is 0.115 e. The predicted octanol–water partition coefficient (Wildman–Crippen LogP) is 3.69. The molecule has 0 radical (unpaired) electrons. The molecule has 0 spiro atoms. The lowest BCUT2D eigenvalue weighted by atomic mass is 9.68. The van der Waals surface area contributed by atoms with Crippen molar-refractivity contribution in [3.05, 3.63) is 65.7 Å². The summed E-state index contributed by atoms with van der Waals surface area (Å²) in [6, 6.07) is 18.1. The van der Waals surface area contributed by atoms with Crippen molar-refractivity contribution in [1.82, 2.24) is 4.90 Å². The van der Waals surface area contributed by atoms with E-state index in [2.05, 4.69) is 36.9 Å². The highest BCUT2D eigenvalue weighted by atomic mass is 16.3. The smallest absolute Gasteiger partial charge is 0.115 e. The number of piperidine rings is 1. The third-order valence-corrected chi connectivity index (χ3v) is 5.76. The lowest BCUT2D eigenvalue weighted by molar-refractivity contribution is 0.106. The highest BCUT2D eigenvalue weighted by Gasteiger charge is 2.38. The molecular formula is C21H28N2O. The number of hydrogen-bond donors (Lipinski definition) is 2. The van der Waals surface area contributed by atoms with Crippen molar-refractivity contribution >= 4 is 0 Å². The molecule has 0 aliphatic carbocycles. The van der Waals surface area contributed by atoms with Gasteiger partial charge in [-0.1, -0.05) is 56.3 Å². The first-order valence-corrected chi connectivity index (χ1v) is 8.81. The van der Waals surface area contributed by atoms with Crippen molar-refractivity contribution < 1.29 is 5.11 Å². The van der Waals surface area contributed by atoms with Gasteiger partial charge >= 0.3 is 0 Å². The Morgan fingerprint density at radius 3 is 2.62 bits per heavy atom. The molecule has 1 saturated heterocycles. The van der Waals surface area contributed by atoms with Crippen molar-refractivity contribution in [2.45, 2.75) is 31.7 Å². The van der Waals surface area contributed by atoms with E-state index in [-0.39, 0.29) is 11.5 Å². The summed E-state index contributed by atoms with van der Waals surface area (Å²) in [4.78, 5) is 2.48. The molecule has 3 atom stereocenters. The molecule has 0 bridgehead atoms. The van der Waals surface area contributed by atoms with E-state index in [1.165, 1.54) is 11.1 Å². The molecule has 0 saturated carbocycles. The highest BCUT2D eigenvalue weighted by Crippen LogP contribution is 2.40. The number of likely N-dealkylation sites (tertiary alicyclic amines) is 1. The monoisotopic (exact) mass is 324 g/mol. The Bertz CT molecular complexity index is 673. The van der Waals surface area contributed by atoms with Gasteiger partial charge in [0.05, 0.1) is 0 Å². The molecule has 1 heterocycles. The second kappa shape index (κ2) is 6.96. The second-order valence-corrected chi connectivity index (χ2v) is 7.40. The van der Waals surface area contributed by atoms with Crippen molar-refractivity contribution in [3.8, 4) is 5.75 Å². The zero-order valence-corrected chi connectivity index (χ0v) is 14.7. The fourth-order valence-electron chi connectivity index (χ4n) is 3.86. The Morgan fingerprint density at radius 2 is 1.96 bits per heavy atom. The fraction of sp³-hybridized carbons (Fsp3) is 0.429. The van der Waals surface area contributed by atoms with Crippen LogP contribution in [0.1, 0.15) is 37.4 Å². The van der Waals surface area contributed by atoms with Crippen molar-refractivity contribution in [2.24, 2.45) is 11.7 Å². The molecule has 0 aromatic heterocycles. The number of hydrogen-bond acceptors (Lipinski definition) is 3. The van der Waals surface area contributed by atoms with Gasteiger partial charge in [0, 0.05) is 19.1 Å². The van der Waals surface area contributed by atoms with Crippen LogP contribution < -0.4 is 5.73 Å². The average molecular weight is 324 g/mol. The third kappa shape index (κ3) is 3.47. The largest absolute Gasteiger partial charge is 0.508 e. The molecular weight excluding hydrogens is 296 g/mol. The van der Waals surface area contributed by atoms with E-state index >= 15 is 0 Å². The van der Waals surface area contributed by atoms with Crippen molar-refractivity contribution in [3.63, 3.8) is 0 Å². The minimum Gasteiger partial charge on any atom is -0.508 e. The van der Waals surface area contributed by atoms with E-state index in [9.17, 15) is 5.11 Å². The number of rotatable bonds is 4. The number of benzene rings is 2. The van der Waals surface area contributed by atoms with Crippen molar-refractivity contribution in [1.29, 1.82) is 0 Å². The summed E-state index contributed by atoms with van der Waals surface area (Å²) in [5, 5.41) is 9.81. The average Bonchev–Trinajstić information content (AvgIpc) is 2.59. The summed E-state index contributed by atoms with van der Waals surface area (Å²) in [6.45, 7) is 7.60. The molecule has 3 nitrogen and oxygen atoms in total. The molecule has 1 aliphatic heterocycles. The normalized spacial score (nSPS) is 26.2. The number of nitrogens with two attached hydrogens (primary N) is 1. The predicted molar refractivity (Wildman–Crippen MR) is 99.1 cm³/mol. The van der Waals surface area contributed by atoms with Crippen LogP contribution in [0.5, 0.6) is 5.75 Å². The van der Waals surface area contributed by atoms with E-state index in [1.807, 2.05) is 30.3 Å². The van der Waals surface area contributed by atoms with Gasteiger partial charge in [-0.25, -0.2) is 0 Å². The lowest BCUT2D eigenvalue weighted by Gasteiger charge is -2.45. The first-order valence-electron chi connectivity index (χ1n) is 8.81. The highest BCUT2D eigenvalue weighted by molar-refractivity contribution is 5.33. The standard InChI is InChI=1S/C21H28N2O/c1-16-14-23(15-20(22)17-7-4-3-5-8-17)12-11-21(16,2)18-9-6-10-19(24)13-18/h3-10,13,16,20,24H,11-12,14-15,22H2,1-2H3. The van der Waals surface area contributed by atoms with Crippen LogP contribution in [-0.4, -0.2) is 29.6 Å². The van der Waals surface area contributed by atoms with Crippen LogP contribution in [0.25, 0.3) is 0 Å². The van der Waals surface area contributed by atoms with Crippen molar-refractivity contribution in [2.75, 3.05) is 19.6 Å². The molecule has 3 rings (SSSR count). The zero-order valence-electron chi connectivity index (χ0n) is 14.7. The van der Waals surface area contributed by atoms with Crippen LogP contribution in [0.2, 0.25) is 0 Å². The number of phenols is 1. The number of aromatic hydroxyl groups is 1. The van der Waals surface area contributed by atoms with E-state index in [0.29, 0.717) is 11.7 Å². The maximum absolute atomic E-state index is 9.81. The molecule has 2 aromatic rings. The van der Waals surface area contributed by atoms with Crippen LogP contribution in [0.4, 0.5) is 0 Å². The second-order valence-electron chi connectivity index (χ2n) is 7.40. The zero-order chi connectivity index (χ0) is 17.2. The summed E-state index contributed by atoms with van der Waals surface area (Å²) in [5.74, 6) is 0.866. The van der Waals surface area contributed by atoms with Crippen LogP contribution in [-0.2, 0) is 5.41 Å². The lowest BCUT2D eigenvalue weighted by Crippen LogP contribution is -2.48. The number of phenolic OH excluding ortho intramolecular Hbond substituents is 1. The Morgan fingerprint density at radius 1 is 1.21 bits per heavy atom. The van der Waals surface area contributed by atoms with Gasteiger partial charge in [0.2, 0.25) is 0 Å². The van der Waals surface area contributed by atoms with Crippen LogP contribution in [0.15, 0.2) is 54.6 Å². The molecule has 0 amide bonds. The summed E-state index contributed by atoms with van der Waals surface area (Å²) in [6.07, 6.45) is 1.08. The molecule has 128 valence electrons. The minimum atomic E-state index is 0.0588. The van der Waals surface area contributed by atoms with Gasteiger partial charge in [-0.2, -0.15) is 0 Å². The summed E-state index contributed by atoms with van der Waals surface area (Å²) in [7, 11) is 0. The third-order valence-electron chi connectivity index (χ3n) is 5.76. The van der Waals surface area contributed by atoms with Crippen LogP contribution in [0, 0.1) is 5.92 Å². The quantitative estimate of drug-likeness (QED) is 0.902. The molecule has 3 heteroatoms. The molecule has 2 aromatic carbocycles. The SMILES string of the molecule is CC1CN(CC(N)c2ccccc2)CCC1(C)c1cccc(O)c1. The van der Waals surface area contributed by atoms with Gasteiger partial charge in [0.15, 0.2) is 0 Å².